The van der Waals surface area contributed by atoms with Crippen molar-refractivity contribution in [3.05, 3.63) is 29.8 Å². The Morgan fingerprint density at radius 2 is 1.95 bits per heavy atom. The number of alkyl halides is 2. The van der Waals surface area contributed by atoms with Gasteiger partial charge < -0.3 is 9.47 Å². The maximum Gasteiger partial charge on any atom is 0.387 e. The summed E-state index contributed by atoms with van der Waals surface area (Å²) in [7, 11) is 1.66. The molecule has 0 heterocycles. The average Bonchev–Trinajstić information content (AvgIpc) is 2.32. The van der Waals surface area contributed by atoms with E-state index in [1.54, 1.807) is 19.2 Å². The molecule has 0 radical (unpaired) electrons. The third-order valence-corrected chi connectivity index (χ3v) is 3.01. The summed E-state index contributed by atoms with van der Waals surface area (Å²) in [6.45, 7) is 5.61. The topological polar surface area (TPSA) is 21.7 Å². The number of halogens is 2. The molecular formula is C15H23F2NO2. The van der Waals surface area contributed by atoms with Crippen LogP contribution >= 0.6 is 0 Å². The molecule has 20 heavy (non-hydrogen) atoms. The summed E-state index contributed by atoms with van der Waals surface area (Å²) in [6, 6.07) is 6.82. The molecule has 1 rings (SSSR count). The molecule has 0 amide bonds. The van der Waals surface area contributed by atoms with Crippen LogP contribution in [0.5, 0.6) is 5.75 Å². The Morgan fingerprint density at radius 3 is 2.50 bits per heavy atom. The van der Waals surface area contributed by atoms with Crippen LogP contribution in [0, 0.1) is 0 Å². The fourth-order valence-electron chi connectivity index (χ4n) is 1.89. The Morgan fingerprint density at radius 1 is 1.25 bits per heavy atom. The predicted octanol–water partition coefficient (Wildman–Crippen LogP) is 3.53. The highest BCUT2D eigenvalue weighted by Crippen LogP contribution is 2.21. The number of rotatable bonds is 7. The zero-order valence-electron chi connectivity index (χ0n) is 12.5. The largest absolute Gasteiger partial charge is 0.435 e. The molecule has 0 unspecified atom stereocenters. The van der Waals surface area contributed by atoms with E-state index < -0.39 is 6.61 Å². The molecular weight excluding hydrogens is 264 g/mol. The molecule has 0 aliphatic carbocycles. The van der Waals surface area contributed by atoms with E-state index in [2.05, 4.69) is 30.4 Å². The molecule has 114 valence electrons. The van der Waals surface area contributed by atoms with Gasteiger partial charge in [-0.15, -0.1) is 0 Å². The first-order valence-corrected chi connectivity index (χ1v) is 6.60. The van der Waals surface area contributed by atoms with Crippen molar-refractivity contribution in [1.29, 1.82) is 0 Å². The van der Waals surface area contributed by atoms with Gasteiger partial charge in [0.05, 0.1) is 6.61 Å². The van der Waals surface area contributed by atoms with Crippen molar-refractivity contribution in [1.82, 2.24) is 4.90 Å². The Bertz CT molecular complexity index is 405. The van der Waals surface area contributed by atoms with Gasteiger partial charge in [0.25, 0.3) is 0 Å². The number of hydrogen-bond donors (Lipinski definition) is 0. The zero-order chi connectivity index (χ0) is 15.2. The SMILES string of the molecule is COCCN(Cc1cccc(OC(F)F)c1)C(C)(C)C. The number of benzene rings is 1. The van der Waals surface area contributed by atoms with E-state index in [1.807, 2.05) is 6.07 Å². The van der Waals surface area contributed by atoms with Gasteiger partial charge in [0.1, 0.15) is 5.75 Å². The first kappa shape index (κ1) is 16.9. The van der Waals surface area contributed by atoms with Gasteiger partial charge in [-0.05, 0) is 38.5 Å². The fourth-order valence-corrected chi connectivity index (χ4v) is 1.89. The standard InChI is InChI=1S/C15H23F2NO2/c1-15(2,3)18(8-9-19-4)11-12-6-5-7-13(10-12)20-14(16)17/h5-7,10,14H,8-9,11H2,1-4H3. The zero-order valence-corrected chi connectivity index (χ0v) is 12.5. The Hall–Kier alpha value is -1.20. The second kappa shape index (κ2) is 7.55. The quantitative estimate of drug-likeness (QED) is 0.765. The van der Waals surface area contributed by atoms with E-state index in [4.69, 9.17) is 4.74 Å². The van der Waals surface area contributed by atoms with Gasteiger partial charge in [-0.1, -0.05) is 12.1 Å². The number of methoxy groups -OCH3 is 1. The summed E-state index contributed by atoms with van der Waals surface area (Å²) in [5.74, 6) is 0.193. The van der Waals surface area contributed by atoms with E-state index in [-0.39, 0.29) is 11.3 Å². The fraction of sp³-hybridized carbons (Fsp3) is 0.600. The number of ether oxygens (including phenoxy) is 2. The molecule has 3 nitrogen and oxygen atoms in total. The second-order valence-electron chi connectivity index (χ2n) is 5.61. The maximum atomic E-state index is 12.2. The van der Waals surface area contributed by atoms with Gasteiger partial charge in [-0.2, -0.15) is 8.78 Å². The van der Waals surface area contributed by atoms with E-state index in [9.17, 15) is 8.78 Å². The number of nitrogens with zero attached hydrogens (tertiary/aromatic N) is 1. The predicted molar refractivity (Wildman–Crippen MR) is 75.1 cm³/mol. The minimum atomic E-state index is -2.79. The first-order chi connectivity index (χ1) is 9.32. The van der Waals surface area contributed by atoms with E-state index in [0.29, 0.717) is 13.2 Å². The van der Waals surface area contributed by atoms with Crippen LogP contribution in [-0.2, 0) is 11.3 Å². The molecule has 5 heteroatoms. The highest BCUT2D eigenvalue weighted by atomic mass is 19.3. The Balaban J connectivity index is 2.77. The molecule has 0 spiro atoms. The van der Waals surface area contributed by atoms with Crippen molar-refractivity contribution in [3.8, 4) is 5.75 Å². The van der Waals surface area contributed by atoms with Gasteiger partial charge >= 0.3 is 6.61 Å². The molecule has 1 aromatic rings. The van der Waals surface area contributed by atoms with Crippen molar-refractivity contribution in [2.24, 2.45) is 0 Å². The lowest BCUT2D eigenvalue weighted by atomic mass is 10.0. The van der Waals surface area contributed by atoms with Crippen LogP contribution in [0.2, 0.25) is 0 Å². The summed E-state index contributed by atoms with van der Waals surface area (Å²) in [4.78, 5) is 2.23. The van der Waals surface area contributed by atoms with Crippen molar-refractivity contribution < 1.29 is 18.3 Å². The van der Waals surface area contributed by atoms with Crippen molar-refractivity contribution in [3.63, 3.8) is 0 Å². The molecule has 0 fully saturated rings. The molecule has 0 aliphatic rings. The highest BCUT2D eigenvalue weighted by molar-refractivity contribution is 5.28. The van der Waals surface area contributed by atoms with E-state index in [1.165, 1.54) is 6.07 Å². The van der Waals surface area contributed by atoms with Gasteiger partial charge in [0.15, 0.2) is 0 Å². The number of hydrogen-bond acceptors (Lipinski definition) is 3. The minimum absolute atomic E-state index is 0.0297. The van der Waals surface area contributed by atoms with Gasteiger partial charge in [-0.3, -0.25) is 4.90 Å². The van der Waals surface area contributed by atoms with Crippen LogP contribution in [0.15, 0.2) is 24.3 Å². The van der Waals surface area contributed by atoms with Gasteiger partial charge in [0.2, 0.25) is 0 Å². The molecule has 0 saturated heterocycles. The Kier molecular flexibility index (Phi) is 6.36. The van der Waals surface area contributed by atoms with Crippen molar-refractivity contribution in [2.45, 2.75) is 39.5 Å². The highest BCUT2D eigenvalue weighted by Gasteiger charge is 2.21. The Labute approximate surface area is 119 Å². The monoisotopic (exact) mass is 287 g/mol. The summed E-state index contributed by atoms with van der Waals surface area (Å²) in [6.07, 6.45) is 0. The summed E-state index contributed by atoms with van der Waals surface area (Å²) in [5.41, 5.74) is 0.909. The summed E-state index contributed by atoms with van der Waals surface area (Å²) >= 11 is 0. The molecule has 0 atom stereocenters. The molecule has 0 aliphatic heterocycles. The average molecular weight is 287 g/mol. The summed E-state index contributed by atoms with van der Waals surface area (Å²) in [5, 5.41) is 0. The van der Waals surface area contributed by atoms with E-state index >= 15 is 0 Å². The molecule has 0 bridgehead atoms. The third kappa shape index (κ3) is 5.84. The van der Waals surface area contributed by atoms with Crippen molar-refractivity contribution in [2.75, 3.05) is 20.3 Å². The van der Waals surface area contributed by atoms with Crippen LogP contribution in [-0.4, -0.2) is 37.3 Å². The van der Waals surface area contributed by atoms with E-state index in [0.717, 1.165) is 12.1 Å². The molecule has 0 aromatic heterocycles. The van der Waals surface area contributed by atoms with Crippen LogP contribution in [0.4, 0.5) is 8.78 Å². The van der Waals surface area contributed by atoms with Gasteiger partial charge in [0, 0.05) is 25.7 Å². The van der Waals surface area contributed by atoms with Crippen LogP contribution in [0.1, 0.15) is 26.3 Å². The lowest BCUT2D eigenvalue weighted by molar-refractivity contribution is -0.0499. The van der Waals surface area contributed by atoms with Crippen LogP contribution < -0.4 is 4.74 Å². The molecule has 1 aromatic carbocycles. The molecule has 0 N–H and O–H groups in total. The maximum absolute atomic E-state index is 12.2. The van der Waals surface area contributed by atoms with Gasteiger partial charge in [-0.25, -0.2) is 0 Å². The third-order valence-electron chi connectivity index (χ3n) is 3.01. The normalized spacial score (nSPS) is 12.2. The summed E-state index contributed by atoms with van der Waals surface area (Å²) < 4.78 is 34.0. The van der Waals surface area contributed by atoms with Crippen molar-refractivity contribution >= 4 is 0 Å². The van der Waals surface area contributed by atoms with Crippen LogP contribution in [0.3, 0.4) is 0 Å². The minimum Gasteiger partial charge on any atom is -0.435 e. The lowest BCUT2D eigenvalue weighted by Gasteiger charge is -2.35. The van der Waals surface area contributed by atoms with Crippen LogP contribution in [0.25, 0.3) is 0 Å². The smallest absolute Gasteiger partial charge is 0.387 e. The molecule has 0 saturated carbocycles. The second-order valence-corrected chi connectivity index (χ2v) is 5.61. The lowest BCUT2D eigenvalue weighted by Crippen LogP contribution is -2.42. The first-order valence-electron chi connectivity index (χ1n) is 6.60.